The van der Waals surface area contributed by atoms with Gasteiger partial charge in [-0.15, -0.1) is 0 Å². The number of rotatable bonds is 5. The molecule has 2 aromatic carbocycles. The number of hydrogen-bond acceptors (Lipinski definition) is 5. The lowest BCUT2D eigenvalue weighted by Crippen LogP contribution is -2.37. The van der Waals surface area contributed by atoms with Crippen molar-refractivity contribution in [2.75, 3.05) is 28.4 Å². The SMILES string of the molecule is CCc1ccc(S(=O)(=O)Nc2ccc3c(c2)N(S(C)(=O)=O)CCO3)cc1. The molecule has 3 rings (SSSR count). The third kappa shape index (κ3) is 3.78. The molecule has 0 amide bonds. The van der Waals surface area contributed by atoms with Gasteiger partial charge in [-0.2, -0.15) is 0 Å². The fourth-order valence-corrected chi connectivity index (χ4v) is 4.68. The fourth-order valence-electron chi connectivity index (χ4n) is 2.72. The number of anilines is 2. The summed E-state index contributed by atoms with van der Waals surface area (Å²) in [6, 6.07) is 11.2. The number of aryl methyl sites for hydroxylation is 1. The molecule has 0 aliphatic carbocycles. The molecule has 0 radical (unpaired) electrons. The van der Waals surface area contributed by atoms with Crippen molar-refractivity contribution in [1.29, 1.82) is 0 Å². The highest BCUT2D eigenvalue weighted by Crippen LogP contribution is 2.36. The van der Waals surface area contributed by atoms with Crippen LogP contribution in [-0.2, 0) is 26.5 Å². The lowest BCUT2D eigenvalue weighted by atomic mass is 10.2. The summed E-state index contributed by atoms with van der Waals surface area (Å²) < 4.78 is 58.2. The van der Waals surface area contributed by atoms with E-state index in [-0.39, 0.29) is 23.7 Å². The largest absolute Gasteiger partial charge is 0.489 e. The van der Waals surface area contributed by atoms with E-state index in [9.17, 15) is 16.8 Å². The zero-order chi connectivity index (χ0) is 18.9. The quantitative estimate of drug-likeness (QED) is 0.836. The molecule has 140 valence electrons. The minimum atomic E-state index is -3.78. The van der Waals surface area contributed by atoms with Gasteiger partial charge in [-0.1, -0.05) is 19.1 Å². The third-order valence-electron chi connectivity index (χ3n) is 4.07. The topological polar surface area (TPSA) is 92.8 Å². The maximum atomic E-state index is 12.6. The standard InChI is InChI=1S/C17H20N2O5S2/c1-3-13-4-7-15(8-5-13)26(22,23)18-14-6-9-17-16(12-14)19(10-11-24-17)25(2,20)21/h4-9,12,18H,3,10-11H2,1-2H3. The molecule has 0 aromatic heterocycles. The first-order valence-electron chi connectivity index (χ1n) is 8.07. The number of sulfonamides is 2. The monoisotopic (exact) mass is 396 g/mol. The third-order valence-corrected chi connectivity index (χ3v) is 6.65. The Morgan fingerprint density at radius 1 is 1.08 bits per heavy atom. The van der Waals surface area contributed by atoms with Crippen molar-refractivity contribution in [3.63, 3.8) is 0 Å². The lowest BCUT2D eigenvalue weighted by Gasteiger charge is -2.29. The predicted molar refractivity (Wildman–Crippen MR) is 101 cm³/mol. The Kier molecular flexibility index (Phi) is 4.85. The molecule has 0 saturated carbocycles. The molecule has 0 atom stereocenters. The number of fused-ring (bicyclic) bond motifs is 1. The van der Waals surface area contributed by atoms with E-state index in [1.807, 2.05) is 6.92 Å². The second kappa shape index (κ2) is 6.81. The first-order chi connectivity index (χ1) is 12.2. The van der Waals surface area contributed by atoms with Crippen molar-refractivity contribution in [3.05, 3.63) is 48.0 Å². The maximum absolute atomic E-state index is 12.6. The Morgan fingerprint density at radius 3 is 2.38 bits per heavy atom. The molecule has 26 heavy (non-hydrogen) atoms. The van der Waals surface area contributed by atoms with Crippen molar-refractivity contribution in [1.82, 2.24) is 0 Å². The van der Waals surface area contributed by atoms with Gasteiger partial charge in [0.15, 0.2) is 0 Å². The summed E-state index contributed by atoms with van der Waals surface area (Å²) in [6.45, 7) is 2.42. The molecule has 0 unspecified atom stereocenters. The van der Waals surface area contributed by atoms with Crippen LogP contribution < -0.4 is 13.8 Å². The van der Waals surface area contributed by atoms with Crippen molar-refractivity contribution >= 4 is 31.4 Å². The molecule has 0 bridgehead atoms. The number of ether oxygens (including phenoxy) is 1. The van der Waals surface area contributed by atoms with Crippen LogP contribution in [-0.4, -0.2) is 36.2 Å². The molecular weight excluding hydrogens is 376 g/mol. The molecular formula is C17H20N2O5S2. The zero-order valence-electron chi connectivity index (χ0n) is 14.5. The van der Waals surface area contributed by atoms with Gasteiger partial charge in [0.1, 0.15) is 12.4 Å². The van der Waals surface area contributed by atoms with Gasteiger partial charge >= 0.3 is 0 Å². The van der Waals surface area contributed by atoms with E-state index in [0.717, 1.165) is 18.2 Å². The number of hydrogen-bond donors (Lipinski definition) is 1. The van der Waals surface area contributed by atoms with Gasteiger partial charge in [-0.3, -0.25) is 9.03 Å². The molecule has 0 fully saturated rings. The van der Waals surface area contributed by atoms with E-state index in [4.69, 9.17) is 4.74 Å². The highest BCUT2D eigenvalue weighted by molar-refractivity contribution is 7.92. The van der Waals surface area contributed by atoms with Gasteiger partial charge in [-0.25, -0.2) is 16.8 Å². The maximum Gasteiger partial charge on any atom is 0.261 e. The summed E-state index contributed by atoms with van der Waals surface area (Å²) in [7, 11) is -7.26. The van der Waals surface area contributed by atoms with E-state index >= 15 is 0 Å². The Bertz CT molecular complexity index is 1020. The predicted octanol–water partition coefficient (Wildman–Crippen LogP) is 2.21. The average Bonchev–Trinajstić information content (AvgIpc) is 2.60. The Hall–Kier alpha value is -2.26. The van der Waals surface area contributed by atoms with Crippen LogP contribution in [0.3, 0.4) is 0 Å². The van der Waals surface area contributed by atoms with Crippen LogP contribution >= 0.6 is 0 Å². The van der Waals surface area contributed by atoms with E-state index in [1.165, 1.54) is 10.4 Å². The van der Waals surface area contributed by atoms with Crippen LogP contribution in [0.4, 0.5) is 11.4 Å². The summed E-state index contributed by atoms with van der Waals surface area (Å²) >= 11 is 0. The second-order valence-corrected chi connectivity index (χ2v) is 9.56. The minimum absolute atomic E-state index is 0.142. The van der Waals surface area contributed by atoms with Crippen LogP contribution in [0, 0.1) is 0 Å². The summed E-state index contributed by atoms with van der Waals surface area (Å²) in [4.78, 5) is 0.142. The normalized spacial score (nSPS) is 14.5. The van der Waals surface area contributed by atoms with E-state index in [1.54, 1.807) is 36.4 Å². The zero-order valence-corrected chi connectivity index (χ0v) is 16.1. The molecule has 1 heterocycles. The van der Waals surface area contributed by atoms with E-state index < -0.39 is 20.0 Å². The average molecular weight is 396 g/mol. The van der Waals surface area contributed by atoms with Gasteiger partial charge in [0.25, 0.3) is 10.0 Å². The minimum Gasteiger partial charge on any atom is -0.489 e. The molecule has 1 aliphatic heterocycles. The first kappa shape index (κ1) is 18.5. The summed E-state index contributed by atoms with van der Waals surface area (Å²) in [5.41, 5.74) is 1.63. The van der Waals surface area contributed by atoms with Crippen LogP contribution in [0.15, 0.2) is 47.4 Å². The van der Waals surface area contributed by atoms with Gasteiger partial charge in [0.05, 0.1) is 29.1 Å². The van der Waals surface area contributed by atoms with Crippen LogP contribution in [0.5, 0.6) is 5.75 Å². The molecule has 0 spiro atoms. The fraction of sp³-hybridized carbons (Fsp3) is 0.294. The van der Waals surface area contributed by atoms with Gasteiger partial charge in [-0.05, 0) is 42.3 Å². The van der Waals surface area contributed by atoms with Crippen molar-refractivity contribution in [2.45, 2.75) is 18.2 Å². The van der Waals surface area contributed by atoms with Gasteiger partial charge in [0.2, 0.25) is 10.0 Å². The number of nitrogens with one attached hydrogen (secondary N) is 1. The highest BCUT2D eigenvalue weighted by Gasteiger charge is 2.26. The Morgan fingerprint density at radius 2 is 1.77 bits per heavy atom. The van der Waals surface area contributed by atoms with E-state index in [0.29, 0.717) is 11.4 Å². The highest BCUT2D eigenvalue weighted by atomic mass is 32.2. The molecule has 1 aliphatic rings. The van der Waals surface area contributed by atoms with Crippen LogP contribution in [0.2, 0.25) is 0 Å². The second-order valence-electron chi connectivity index (χ2n) is 5.97. The molecule has 9 heteroatoms. The first-order valence-corrected chi connectivity index (χ1v) is 11.4. The van der Waals surface area contributed by atoms with Gasteiger partial charge < -0.3 is 4.74 Å². The molecule has 2 aromatic rings. The van der Waals surface area contributed by atoms with Gasteiger partial charge in [0, 0.05) is 0 Å². The molecule has 7 nitrogen and oxygen atoms in total. The van der Waals surface area contributed by atoms with Crippen LogP contribution in [0.25, 0.3) is 0 Å². The number of nitrogens with zero attached hydrogens (tertiary/aromatic N) is 1. The Labute approximate surface area is 153 Å². The van der Waals surface area contributed by atoms with Crippen molar-refractivity contribution in [2.24, 2.45) is 0 Å². The number of benzene rings is 2. The molecule has 0 saturated heterocycles. The van der Waals surface area contributed by atoms with Crippen molar-refractivity contribution in [3.8, 4) is 5.75 Å². The van der Waals surface area contributed by atoms with Crippen molar-refractivity contribution < 1.29 is 21.6 Å². The summed E-state index contributed by atoms with van der Waals surface area (Å²) in [5, 5.41) is 0. The lowest BCUT2D eigenvalue weighted by molar-refractivity contribution is 0.316. The smallest absolute Gasteiger partial charge is 0.261 e. The van der Waals surface area contributed by atoms with E-state index in [2.05, 4.69) is 4.72 Å². The molecule has 1 N–H and O–H groups in total. The van der Waals surface area contributed by atoms with Crippen LogP contribution in [0.1, 0.15) is 12.5 Å². The summed E-state index contributed by atoms with van der Waals surface area (Å²) in [6.07, 6.45) is 1.92. The Balaban J connectivity index is 1.93. The summed E-state index contributed by atoms with van der Waals surface area (Å²) in [5.74, 6) is 0.400.